The summed E-state index contributed by atoms with van der Waals surface area (Å²) in [6.45, 7) is 6.98. The number of carbonyl (C=O) groups is 5. The van der Waals surface area contributed by atoms with Gasteiger partial charge in [0.15, 0.2) is 0 Å². The van der Waals surface area contributed by atoms with E-state index in [1.54, 1.807) is 20.8 Å². The highest BCUT2D eigenvalue weighted by atomic mass is 16.2. The van der Waals surface area contributed by atoms with Crippen LogP contribution in [0.1, 0.15) is 53.4 Å². The topological polar surface area (TPSA) is 173 Å². The average Bonchev–Trinajstić information content (AvgIpc) is 2.63. The van der Waals surface area contributed by atoms with E-state index in [0.717, 1.165) is 0 Å². The highest BCUT2D eigenvalue weighted by molar-refractivity contribution is 5.95. The van der Waals surface area contributed by atoms with Gasteiger partial charge in [-0.2, -0.15) is 0 Å². The zero-order valence-corrected chi connectivity index (χ0v) is 17.0. The van der Waals surface area contributed by atoms with Gasteiger partial charge in [-0.3, -0.25) is 19.2 Å². The molecule has 0 rings (SSSR count). The van der Waals surface area contributed by atoms with Crippen molar-refractivity contribution in [2.45, 2.75) is 77.5 Å². The lowest BCUT2D eigenvalue weighted by molar-refractivity contribution is -0.134. The third kappa shape index (κ3) is 8.47. The molecule has 160 valence electrons. The van der Waals surface area contributed by atoms with Gasteiger partial charge in [-0.05, 0) is 18.8 Å². The predicted molar refractivity (Wildman–Crippen MR) is 104 cm³/mol. The molecule has 0 spiro atoms. The van der Waals surface area contributed by atoms with Crippen LogP contribution in [0.25, 0.3) is 0 Å². The Hall–Kier alpha value is -2.49. The number of hydrogen-bond acceptors (Lipinski definition) is 6. The summed E-state index contributed by atoms with van der Waals surface area (Å²) in [5.74, 6) is -2.77. The molecule has 4 amide bonds. The van der Waals surface area contributed by atoms with Crippen LogP contribution in [0.2, 0.25) is 0 Å². The minimum atomic E-state index is -1.19. The summed E-state index contributed by atoms with van der Waals surface area (Å²) in [5, 5.41) is 7.47. The Balaban J connectivity index is 5.22. The number of aldehydes is 1. The molecule has 4 unspecified atom stereocenters. The maximum atomic E-state index is 12.6. The van der Waals surface area contributed by atoms with Crippen LogP contribution in [0.3, 0.4) is 0 Å². The fraction of sp³-hybridized carbons (Fsp3) is 0.722. The summed E-state index contributed by atoms with van der Waals surface area (Å²) in [7, 11) is 0. The number of nitrogens with one attached hydrogen (secondary N) is 3. The highest BCUT2D eigenvalue weighted by Crippen LogP contribution is 2.04. The number of carbonyl (C=O) groups excluding carboxylic acids is 5. The fourth-order valence-corrected chi connectivity index (χ4v) is 2.44. The molecule has 4 atom stereocenters. The van der Waals surface area contributed by atoms with Crippen LogP contribution >= 0.6 is 0 Å². The van der Waals surface area contributed by atoms with Crippen molar-refractivity contribution in [2.24, 2.45) is 17.4 Å². The Kier molecular flexibility index (Phi) is 11.7. The predicted octanol–water partition coefficient (Wildman–Crippen LogP) is -1.29. The normalized spacial score (nSPS) is 15.1. The molecular formula is C18H33N5O5. The summed E-state index contributed by atoms with van der Waals surface area (Å²) in [4.78, 5) is 59.4. The Labute approximate surface area is 165 Å². The van der Waals surface area contributed by atoms with Crippen LogP contribution in [-0.2, 0) is 24.0 Å². The molecule has 0 aromatic heterocycles. The van der Waals surface area contributed by atoms with Crippen LogP contribution in [-0.4, -0.2) is 54.1 Å². The smallest absolute Gasteiger partial charge is 0.243 e. The summed E-state index contributed by atoms with van der Waals surface area (Å²) < 4.78 is 0. The summed E-state index contributed by atoms with van der Waals surface area (Å²) in [6, 6.07) is -3.77. The third-order valence-electron chi connectivity index (χ3n) is 4.22. The van der Waals surface area contributed by atoms with Gasteiger partial charge in [-0.15, -0.1) is 0 Å². The van der Waals surface area contributed by atoms with Gasteiger partial charge in [0, 0.05) is 6.42 Å². The van der Waals surface area contributed by atoms with E-state index in [-0.39, 0.29) is 12.3 Å². The lowest BCUT2D eigenvalue weighted by Crippen LogP contribution is -2.58. The van der Waals surface area contributed by atoms with Crippen molar-refractivity contribution in [3.8, 4) is 0 Å². The number of hydrogen-bond donors (Lipinski definition) is 5. The largest absolute Gasteiger partial charge is 0.368 e. The first-order chi connectivity index (χ1) is 13.1. The van der Waals surface area contributed by atoms with Crippen molar-refractivity contribution >= 4 is 29.9 Å². The Morgan fingerprint density at radius 1 is 0.929 bits per heavy atom. The standard InChI is InChI=1S/C18H33N5O5/c1-5-7-12(21-16(26)11(19)6-2)17(27)22-13(8-9-24)18(28)23-14(10(3)4)15(20)25/h9-14H,5-8,19H2,1-4H3,(H2,20,25)(H,21,26)(H,22,27)(H,23,28). The minimum Gasteiger partial charge on any atom is -0.368 e. The van der Waals surface area contributed by atoms with Crippen molar-refractivity contribution in [2.75, 3.05) is 0 Å². The third-order valence-corrected chi connectivity index (χ3v) is 4.22. The molecule has 0 aromatic rings. The van der Waals surface area contributed by atoms with E-state index >= 15 is 0 Å². The summed E-state index contributed by atoms with van der Waals surface area (Å²) in [6.07, 6.45) is 1.54. The van der Waals surface area contributed by atoms with E-state index in [2.05, 4.69) is 16.0 Å². The lowest BCUT2D eigenvalue weighted by atomic mass is 10.0. The molecule has 0 saturated carbocycles. The second-order valence-electron chi connectivity index (χ2n) is 6.96. The molecule has 0 radical (unpaired) electrons. The SMILES string of the molecule is CCCC(NC(=O)C(N)CC)C(=O)NC(CC=O)C(=O)NC(C(N)=O)C(C)C. The van der Waals surface area contributed by atoms with E-state index in [1.807, 2.05) is 6.92 Å². The van der Waals surface area contributed by atoms with Gasteiger partial charge in [0.2, 0.25) is 23.6 Å². The first-order valence-electron chi connectivity index (χ1n) is 9.48. The number of primary amides is 1. The molecule has 0 aliphatic rings. The molecule has 0 aliphatic carbocycles. The summed E-state index contributed by atoms with van der Waals surface area (Å²) >= 11 is 0. The fourth-order valence-electron chi connectivity index (χ4n) is 2.44. The summed E-state index contributed by atoms with van der Waals surface area (Å²) in [5.41, 5.74) is 10.9. The molecule has 28 heavy (non-hydrogen) atoms. The molecular weight excluding hydrogens is 366 g/mol. The molecule has 10 nitrogen and oxygen atoms in total. The van der Waals surface area contributed by atoms with E-state index in [4.69, 9.17) is 11.5 Å². The van der Waals surface area contributed by atoms with Crippen LogP contribution < -0.4 is 27.4 Å². The number of rotatable bonds is 13. The quantitative estimate of drug-likeness (QED) is 0.241. The van der Waals surface area contributed by atoms with Gasteiger partial charge < -0.3 is 32.2 Å². The van der Waals surface area contributed by atoms with Crippen molar-refractivity contribution in [1.29, 1.82) is 0 Å². The monoisotopic (exact) mass is 399 g/mol. The van der Waals surface area contributed by atoms with Gasteiger partial charge in [0.05, 0.1) is 6.04 Å². The van der Waals surface area contributed by atoms with Crippen molar-refractivity contribution < 1.29 is 24.0 Å². The molecule has 10 heteroatoms. The first kappa shape index (κ1) is 25.5. The van der Waals surface area contributed by atoms with Gasteiger partial charge in [0.1, 0.15) is 24.4 Å². The van der Waals surface area contributed by atoms with Crippen molar-refractivity contribution in [3.63, 3.8) is 0 Å². The zero-order chi connectivity index (χ0) is 21.9. The van der Waals surface area contributed by atoms with Crippen molar-refractivity contribution in [1.82, 2.24) is 16.0 Å². The van der Waals surface area contributed by atoms with Crippen LogP contribution in [0.5, 0.6) is 0 Å². The Bertz CT molecular complexity index is 567. The lowest BCUT2D eigenvalue weighted by Gasteiger charge is -2.25. The molecule has 0 aliphatic heterocycles. The molecule has 0 heterocycles. The number of amides is 4. The van der Waals surface area contributed by atoms with Gasteiger partial charge in [0.25, 0.3) is 0 Å². The first-order valence-corrected chi connectivity index (χ1v) is 9.48. The van der Waals surface area contributed by atoms with Crippen LogP contribution in [0, 0.1) is 5.92 Å². The maximum absolute atomic E-state index is 12.6. The second kappa shape index (κ2) is 12.8. The van der Waals surface area contributed by atoms with E-state index < -0.39 is 47.8 Å². The van der Waals surface area contributed by atoms with E-state index in [9.17, 15) is 24.0 Å². The van der Waals surface area contributed by atoms with Gasteiger partial charge >= 0.3 is 0 Å². The molecule has 0 fully saturated rings. The Morgan fingerprint density at radius 3 is 1.89 bits per heavy atom. The van der Waals surface area contributed by atoms with Gasteiger partial charge in [-0.1, -0.05) is 34.1 Å². The van der Waals surface area contributed by atoms with E-state index in [1.165, 1.54) is 0 Å². The van der Waals surface area contributed by atoms with Crippen molar-refractivity contribution in [3.05, 3.63) is 0 Å². The van der Waals surface area contributed by atoms with Crippen LogP contribution in [0.15, 0.2) is 0 Å². The highest BCUT2D eigenvalue weighted by Gasteiger charge is 2.30. The average molecular weight is 399 g/mol. The second-order valence-corrected chi connectivity index (χ2v) is 6.96. The van der Waals surface area contributed by atoms with Crippen LogP contribution in [0.4, 0.5) is 0 Å². The van der Waals surface area contributed by atoms with Gasteiger partial charge in [-0.25, -0.2) is 0 Å². The molecule has 7 N–H and O–H groups in total. The maximum Gasteiger partial charge on any atom is 0.243 e. The Morgan fingerprint density at radius 2 is 1.46 bits per heavy atom. The molecule has 0 aromatic carbocycles. The minimum absolute atomic E-state index is 0.267. The number of nitrogens with two attached hydrogens (primary N) is 2. The van der Waals surface area contributed by atoms with E-state index in [0.29, 0.717) is 25.5 Å². The zero-order valence-electron chi connectivity index (χ0n) is 17.0. The molecule has 0 saturated heterocycles. The molecule has 0 bridgehead atoms.